The first-order valence-corrected chi connectivity index (χ1v) is 5.76. The van der Waals surface area contributed by atoms with Crippen LogP contribution in [0, 0.1) is 0 Å². The second kappa shape index (κ2) is 6.48. The van der Waals surface area contributed by atoms with Crippen LogP contribution in [0.15, 0.2) is 29.2 Å². The lowest BCUT2D eigenvalue weighted by Crippen LogP contribution is -2.10. The zero-order valence-corrected chi connectivity index (χ0v) is 9.55. The summed E-state index contributed by atoms with van der Waals surface area (Å²) >= 11 is 1.53. The lowest BCUT2D eigenvalue weighted by atomic mass is 10.3. The van der Waals surface area contributed by atoms with E-state index in [1.165, 1.54) is 11.8 Å². The third-order valence-corrected chi connectivity index (χ3v) is 2.81. The number of thioether (sulfide) groups is 1. The molecular formula is C11H15NO2S. The van der Waals surface area contributed by atoms with Gasteiger partial charge in [0.05, 0.1) is 5.75 Å². The van der Waals surface area contributed by atoms with Crippen molar-refractivity contribution < 1.29 is 9.53 Å². The van der Waals surface area contributed by atoms with Gasteiger partial charge in [0.15, 0.2) is 0 Å². The van der Waals surface area contributed by atoms with Crippen LogP contribution in [-0.4, -0.2) is 24.7 Å². The van der Waals surface area contributed by atoms with Crippen molar-refractivity contribution >= 4 is 17.5 Å². The number of ether oxygens (including phenoxy) is 1. The highest BCUT2D eigenvalue weighted by atomic mass is 32.2. The fraction of sp³-hybridized carbons (Fsp3) is 0.364. The molecule has 0 heterocycles. The Bertz CT molecular complexity index is 311. The van der Waals surface area contributed by atoms with Gasteiger partial charge in [-0.25, -0.2) is 0 Å². The van der Waals surface area contributed by atoms with Crippen LogP contribution < -0.4 is 10.5 Å². The fourth-order valence-corrected chi connectivity index (χ4v) is 1.69. The highest BCUT2D eigenvalue weighted by molar-refractivity contribution is 8.00. The summed E-state index contributed by atoms with van der Waals surface area (Å²) in [6, 6.07) is 7.66. The number of hydrogen-bond acceptors (Lipinski definition) is 4. The first kappa shape index (κ1) is 12.1. The first-order chi connectivity index (χ1) is 7.22. The molecule has 0 radical (unpaired) electrons. The molecule has 0 unspecified atom stereocenters. The average molecular weight is 225 g/mol. The zero-order chi connectivity index (χ0) is 11.1. The third kappa shape index (κ3) is 4.85. The number of carbonyl (C=O) groups is 1. The molecule has 82 valence electrons. The molecule has 0 spiro atoms. The van der Waals surface area contributed by atoms with Crippen molar-refractivity contribution in [1.82, 2.24) is 0 Å². The van der Waals surface area contributed by atoms with Gasteiger partial charge >= 0.3 is 0 Å². The molecular weight excluding hydrogens is 210 g/mol. The van der Waals surface area contributed by atoms with Gasteiger partial charge in [0.2, 0.25) is 0 Å². The summed E-state index contributed by atoms with van der Waals surface area (Å²) in [5, 5.41) is 0. The van der Waals surface area contributed by atoms with Gasteiger partial charge < -0.3 is 10.5 Å². The molecule has 2 N–H and O–H groups in total. The van der Waals surface area contributed by atoms with Crippen molar-refractivity contribution in [2.24, 2.45) is 5.73 Å². The van der Waals surface area contributed by atoms with Gasteiger partial charge in [-0.2, -0.15) is 0 Å². The number of Topliss-reactive ketones (excluding diaryl/α,β-unsaturated/α-hetero) is 1. The van der Waals surface area contributed by atoms with E-state index in [-0.39, 0.29) is 5.78 Å². The Labute approximate surface area is 94.0 Å². The molecule has 4 heteroatoms. The summed E-state index contributed by atoms with van der Waals surface area (Å²) in [4.78, 5) is 11.8. The monoisotopic (exact) mass is 225 g/mol. The van der Waals surface area contributed by atoms with E-state index in [1.807, 2.05) is 24.3 Å². The summed E-state index contributed by atoms with van der Waals surface area (Å²) in [5.74, 6) is 1.51. The maximum atomic E-state index is 10.8. The Morgan fingerprint density at radius 1 is 1.40 bits per heavy atom. The molecule has 3 nitrogen and oxygen atoms in total. The van der Waals surface area contributed by atoms with Crippen LogP contribution in [0.25, 0.3) is 0 Å². The summed E-state index contributed by atoms with van der Waals surface area (Å²) in [6.07, 6.45) is 0. The summed E-state index contributed by atoms with van der Waals surface area (Å²) < 4.78 is 5.33. The molecule has 1 rings (SSSR count). The Hall–Kier alpha value is -1.00. The second-order valence-electron chi connectivity index (χ2n) is 3.10. The molecule has 0 atom stereocenters. The van der Waals surface area contributed by atoms with Crippen molar-refractivity contribution in [3.8, 4) is 5.75 Å². The zero-order valence-electron chi connectivity index (χ0n) is 8.73. The Kier molecular flexibility index (Phi) is 5.21. The first-order valence-electron chi connectivity index (χ1n) is 4.77. The highest BCUT2D eigenvalue weighted by Gasteiger charge is 1.98. The number of carbonyl (C=O) groups excluding carboxylic acids is 1. The molecule has 1 aromatic rings. The molecule has 0 aromatic heterocycles. The van der Waals surface area contributed by atoms with E-state index in [4.69, 9.17) is 10.5 Å². The lowest BCUT2D eigenvalue weighted by Gasteiger charge is -2.05. The van der Waals surface area contributed by atoms with E-state index < -0.39 is 0 Å². The van der Waals surface area contributed by atoms with E-state index in [9.17, 15) is 4.79 Å². The Balaban J connectivity index is 2.45. The number of rotatable bonds is 6. The lowest BCUT2D eigenvalue weighted by molar-refractivity contribution is -0.114. The van der Waals surface area contributed by atoms with Gasteiger partial charge in [-0.15, -0.1) is 11.8 Å². The van der Waals surface area contributed by atoms with E-state index in [2.05, 4.69) is 0 Å². The van der Waals surface area contributed by atoms with Crippen LogP contribution in [-0.2, 0) is 4.79 Å². The minimum atomic E-state index is 0.184. The number of hydrogen-bond donors (Lipinski definition) is 1. The smallest absolute Gasteiger partial charge is 0.140 e. The maximum Gasteiger partial charge on any atom is 0.140 e. The topological polar surface area (TPSA) is 52.3 Å². The summed E-state index contributed by atoms with van der Waals surface area (Å²) in [6.45, 7) is 2.63. The summed E-state index contributed by atoms with van der Waals surface area (Å²) in [5.41, 5.74) is 5.32. The van der Waals surface area contributed by atoms with Gasteiger partial charge in [0.25, 0.3) is 0 Å². The van der Waals surface area contributed by atoms with Crippen molar-refractivity contribution in [3.63, 3.8) is 0 Å². The van der Waals surface area contributed by atoms with Crippen LogP contribution in [0.1, 0.15) is 6.92 Å². The highest BCUT2D eigenvalue weighted by Crippen LogP contribution is 2.21. The minimum Gasteiger partial charge on any atom is -0.492 e. The average Bonchev–Trinajstić information content (AvgIpc) is 2.25. The summed E-state index contributed by atoms with van der Waals surface area (Å²) in [7, 11) is 0. The Morgan fingerprint density at radius 3 is 2.60 bits per heavy atom. The molecule has 1 aromatic carbocycles. The number of ketones is 1. The largest absolute Gasteiger partial charge is 0.492 e. The van der Waals surface area contributed by atoms with Crippen LogP contribution in [0.2, 0.25) is 0 Å². The molecule has 0 fully saturated rings. The van der Waals surface area contributed by atoms with Crippen molar-refractivity contribution in [3.05, 3.63) is 24.3 Å². The molecule has 0 bridgehead atoms. The molecule has 0 aliphatic carbocycles. The Morgan fingerprint density at radius 2 is 2.07 bits per heavy atom. The van der Waals surface area contributed by atoms with Crippen LogP contribution >= 0.6 is 11.8 Å². The van der Waals surface area contributed by atoms with E-state index in [0.29, 0.717) is 18.9 Å². The quantitative estimate of drug-likeness (QED) is 0.749. The number of nitrogens with two attached hydrogens (primary N) is 1. The molecule has 0 saturated heterocycles. The second-order valence-corrected chi connectivity index (χ2v) is 4.15. The predicted octanol–water partition coefficient (Wildman–Crippen LogP) is 1.71. The van der Waals surface area contributed by atoms with E-state index in [0.717, 1.165) is 10.6 Å². The van der Waals surface area contributed by atoms with Gasteiger partial charge in [0.1, 0.15) is 18.1 Å². The van der Waals surface area contributed by atoms with Crippen LogP contribution in [0.5, 0.6) is 5.75 Å². The molecule has 0 aliphatic heterocycles. The van der Waals surface area contributed by atoms with E-state index in [1.54, 1.807) is 6.92 Å². The van der Waals surface area contributed by atoms with Gasteiger partial charge in [-0.1, -0.05) is 0 Å². The van der Waals surface area contributed by atoms with Crippen molar-refractivity contribution in [2.45, 2.75) is 11.8 Å². The normalized spacial score (nSPS) is 10.0. The standard InChI is InChI=1S/C11H15NO2S/c1-9(13)8-15-11-4-2-10(3-5-11)14-7-6-12/h2-5H,6-8,12H2,1H3. The third-order valence-electron chi connectivity index (χ3n) is 1.65. The van der Waals surface area contributed by atoms with Crippen molar-refractivity contribution in [1.29, 1.82) is 0 Å². The van der Waals surface area contributed by atoms with Crippen LogP contribution in [0.3, 0.4) is 0 Å². The van der Waals surface area contributed by atoms with Gasteiger partial charge in [-0.3, -0.25) is 4.79 Å². The van der Waals surface area contributed by atoms with E-state index >= 15 is 0 Å². The van der Waals surface area contributed by atoms with Gasteiger partial charge in [-0.05, 0) is 31.2 Å². The molecule has 0 amide bonds. The maximum absolute atomic E-state index is 10.8. The molecule has 0 aliphatic rings. The predicted molar refractivity (Wildman–Crippen MR) is 62.4 cm³/mol. The minimum absolute atomic E-state index is 0.184. The molecule has 15 heavy (non-hydrogen) atoms. The SMILES string of the molecule is CC(=O)CSc1ccc(OCCN)cc1. The fourth-order valence-electron chi connectivity index (χ4n) is 0.994. The van der Waals surface area contributed by atoms with Gasteiger partial charge in [0, 0.05) is 11.4 Å². The molecule has 0 saturated carbocycles. The van der Waals surface area contributed by atoms with Crippen LogP contribution in [0.4, 0.5) is 0 Å². The number of benzene rings is 1. The van der Waals surface area contributed by atoms with Crippen molar-refractivity contribution in [2.75, 3.05) is 18.9 Å².